The lowest BCUT2D eigenvalue weighted by Crippen LogP contribution is -2.27. The van der Waals surface area contributed by atoms with Gasteiger partial charge in [0.1, 0.15) is 11.6 Å². The van der Waals surface area contributed by atoms with Crippen molar-refractivity contribution in [1.82, 2.24) is 0 Å². The van der Waals surface area contributed by atoms with Gasteiger partial charge in [0.25, 0.3) is 0 Å². The second kappa shape index (κ2) is 22.4. The van der Waals surface area contributed by atoms with E-state index in [-0.39, 0.29) is 26.1 Å². The number of anilines is 1. The molecule has 0 fully saturated rings. The molecule has 0 spiro atoms. The number of esters is 2. The quantitative estimate of drug-likeness (QED) is 0.0439. The number of rotatable bonds is 23. The van der Waals surface area contributed by atoms with Crippen LogP contribution in [-0.4, -0.2) is 85.1 Å². The number of benzene rings is 2. The van der Waals surface area contributed by atoms with E-state index >= 15 is 0 Å². The summed E-state index contributed by atoms with van der Waals surface area (Å²) in [4.78, 5) is 29.5. The third-order valence-corrected chi connectivity index (χ3v) is 8.41. The lowest BCUT2D eigenvalue weighted by atomic mass is 10.1. The lowest BCUT2D eigenvalue weighted by molar-refractivity contribution is -0.150. The van der Waals surface area contributed by atoms with E-state index in [1.807, 2.05) is 51.1 Å². The van der Waals surface area contributed by atoms with E-state index in [0.29, 0.717) is 63.5 Å². The zero-order chi connectivity index (χ0) is 35.3. The van der Waals surface area contributed by atoms with Crippen LogP contribution in [0, 0.1) is 27.3 Å². The van der Waals surface area contributed by atoms with Gasteiger partial charge in [-0.1, -0.05) is 30.3 Å². The Morgan fingerprint density at radius 1 is 0.796 bits per heavy atom. The summed E-state index contributed by atoms with van der Waals surface area (Å²) in [5, 5.41) is 9.53. The number of thiophene rings is 1. The van der Waals surface area contributed by atoms with E-state index in [4.69, 9.17) is 30.3 Å². The maximum Gasteiger partial charge on any atom is 0.306 e. The van der Waals surface area contributed by atoms with Gasteiger partial charge >= 0.3 is 11.9 Å². The third kappa shape index (κ3) is 14.4. The SMILES string of the molecule is [C-]#[N+]c1c(N=Nc2ccc(N(CCOCCOCCOCCOCCOC(=O)CCC(=O)OC)Cc3ccccc3)cc2C)sc(C)c1C. The Morgan fingerprint density at radius 2 is 1.41 bits per heavy atom. The zero-order valence-corrected chi connectivity index (χ0v) is 29.6. The van der Waals surface area contributed by atoms with Crippen LogP contribution in [0.15, 0.2) is 58.8 Å². The van der Waals surface area contributed by atoms with Crippen LogP contribution in [0.4, 0.5) is 22.1 Å². The molecule has 0 unspecified atom stereocenters. The van der Waals surface area contributed by atoms with Crippen molar-refractivity contribution in [2.24, 2.45) is 10.2 Å². The average Bonchev–Trinajstić information content (AvgIpc) is 3.39. The third-order valence-electron chi connectivity index (χ3n) is 7.33. The van der Waals surface area contributed by atoms with Gasteiger partial charge < -0.3 is 33.3 Å². The van der Waals surface area contributed by atoms with E-state index in [1.165, 1.54) is 24.0 Å². The Bertz CT molecular complexity index is 1520. The second-order valence-electron chi connectivity index (χ2n) is 10.9. The molecular formula is C36H46N4O8S. The number of hydrogen-bond donors (Lipinski definition) is 0. The van der Waals surface area contributed by atoms with Crippen LogP contribution in [0.2, 0.25) is 0 Å². The molecule has 1 aromatic heterocycles. The van der Waals surface area contributed by atoms with Gasteiger partial charge in [-0.15, -0.1) is 11.3 Å². The molecule has 264 valence electrons. The monoisotopic (exact) mass is 694 g/mol. The van der Waals surface area contributed by atoms with Gasteiger partial charge in [-0.05, 0) is 60.5 Å². The number of nitrogens with zero attached hydrogens (tertiary/aromatic N) is 4. The molecule has 3 aromatic rings. The number of methoxy groups -OCH3 is 1. The van der Waals surface area contributed by atoms with E-state index in [2.05, 4.69) is 42.9 Å². The second-order valence-corrected chi connectivity index (χ2v) is 12.1. The fourth-order valence-corrected chi connectivity index (χ4v) is 5.39. The molecule has 0 radical (unpaired) electrons. The number of carbonyl (C=O) groups is 2. The molecule has 13 heteroatoms. The minimum Gasteiger partial charge on any atom is -0.469 e. The number of ether oxygens (including phenoxy) is 6. The Hall–Kier alpha value is -4.19. The predicted molar refractivity (Wildman–Crippen MR) is 188 cm³/mol. The van der Waals surface area contributed by atoms with Gasteiger partial charge in [0.05, 0.1) is 85.1 Å². The summed E-state index contributed by atoms with van der Waals surface area (Å²) < 4.78 is 31.8. The Morgan fingerprint density at radius 3 is 2.02 bits per heavy atom. The molecule has 0 N–H and O–H groups in total. The van der Waals surface area contributed by atoms with Gasteiger partial charge in [-0.25, -0.2) is 4.85 Å². The maximum absolute atomic E-state index is 11.5. The number of aryl methyl sites for hydroxylation is 2. The van der Waals surface area contributed by atoms with Crippen molar-refractivity contribution in [3.05, 3.63) is 81.5 Å². The van der Waals surface area contributed by atoms with Crippen LogP contribution in [0.1, 0.15) is 34.4 Å². The van der Waals surface area contributed by atoms with Crippen molar-refractivity contribution in [1.29, 1.82) is 0 Å². The van der Waals surface area contributed by atoms with Crippen molar-refractivity contribution in [2.45, 2.75) is 40.2 Å². The number of carbonyl (C=O) groups excluding carboxylic acids is 2. The first-order valence-electron chi connectivity index (χ1n) is 16.1. The molecule has 0 aliphatic rings. The maximum atomic E-state index is 11.5. The minimum atomic E-state index is -0.464. The standard InChI is InChI=1S/C36H46N4O8S/c1-27-25-31(11-12-32(27)38-39-36-35(37-4)28(2)29(3)49-36)40(26-30-9-7-6-8-10-30)15-16-44-17-18-45-19-20-46-21-22-47-23-24-48-34(42)14-13-33(41)43-5/h6-12,25H,13-24,26H2,1-3,5H3. The Balaban J connectivity index is 1.33. The molecule has 49 heavy (non-hydrogen) atoms. The van der Waals surface area contributed by atoms with Crippen LogP contribution in [-0.2, 0) is 44.6 Å². The molecule has 0 atom stereocenters. The van der Waals surface area contributed by atoms with Crippen molar-refractivity contribution in [3.63, 3.8) is 0 Å². The molecule has 0 saturated carbocycles. The number of azo groups is 1. The molecule has 0 amide bonds. The summed E-state index contributed by atoms with van der Waals surface area (Å²) in [6.07, 6.45) is -0.0126. The Labute approximate surface area is 292 Å². The fourth-order valence-electron chi connectivity index (χ4n) is 4.48. The fraction of sp³-hybridized carbons (Fsp3) is 0.472. The van der Waals surface area contributed by atoms with Crippen LogP contribution < -0.4 is 4.90 Å². The van der Waals surface area contributed by atoms with Gasteiger partial charge in [0.15, 0.2) is 0 Å². The van der Waals surface area contributed by atoms with Gasteiger partial charge in [0.2, 0.25) is 5.69 Å². The highest BCUT2D eigenvalue weighted by atomic mass is 32.1. The molecule has 0 aliphatic heterocycles. The van der Waals surface area contributed by atoms with E-state index in [9.17, 15) is 9.59 Å². The summed E-state index contributed by atoms with van der Waals surface area (Å²) in [5.41, 5.74) is 5.55. The molecule has 3 rings (SSSR count). The highest BCUT2D eigenvalue weighted by Gasteiger charge is 2.13. The number of hydrogen-bond acceptors (Lipinski definition) is 12. The average molecular weight is 695 g/mol. The van der Waals surface area contributed by atoms with Crippen molar-refractivity contribution < 1.29 is 38.0 Å². The zero-order valence-electron chi connectivity index (χ0n) is 28.8. The van der Waals surface area contributed by atoms with Gasteiger partial charge in [0, 0.05) is 18.8 Å². The lowest BCUT2D eigenvalue weighted by Gasteiger charge is -2.25. The summed E-state index contributed by atoms with van der Waals surface area (Å²) in [6, 6.07) is 16.4. The van der Waals surface area contributed by atoms with Crippen molar-refractivity contribution in [3.8, 4) is 0 Å². The summed E-state index contributed by atoms with van der Waals surface area (Å²) >= 11 is 1.49. The topological polar surface area (TPSA) is 122 Å². The van der Waals surface area contributed by atoms with E-state index < -0.39 is 11.9 Å². The van der Waals surface area contributed by atoms with Crippen LogP contribution >= 0.6 is 11.3 Å². The van der Waals surface area contributed by atoms with E-state index in [1.54, 1.807) is 0 Å². The Kier molecular flexibility index (Phi) is 18.0. The summed E-state index contributed by atoms with van der Waals surface area (Å²) in [6.45, 7) is 18.3. The predicted octanol–water partition coefficient (Wildman–Crippen LogP) is 7.21. The summed E-state index contributed by atoms with van der Waals surface area (Å²) in [5.74, 6) is -0.912. The van der Waals surface area contributed by atoms with Crippen LogP contribution in [0.5, 0.6) is 0 Å². The molecule has 0 aliphatic carbocycles. The van der Waals surface area contributed by atoms with Crippen LogP contribution in [0.25, 0.3) is 4.85 Å². The first kappa shape index (κ1) is 39.3. The van der Waals surface area contributed by atoms with Gasteiger partial charge in [-0.2, -0.15) is 10.2 Å². The van der Waals surface area contributed by atoms with Crippen molar-refractivity contribution in [2.75, 3.05) is 78.0 Å². The normalized spacial score (nSPS) is 11.1. The van der Waals surface area contributed by atoms with Crippen molar-refractivity contribution >= 4 is 45.3 Å². The minimum absolute atomic E-state index is 0.000483. The summed E-state index contributed by atoms with van der Waals surface area (Å²) in [7, 11) is 1.27. The molecule has 1 heterocycles. The molecule has 0 bridgehead atoms. The molecule has 12 nitrogen and oxygen atoms in total. The van der Waals surface area contributed by atoms with E-state index in [0.717, 1.165) is 33.9 Å². The molecule has 0 saturated heterocycles. The first-order valence-corrected chi connectivity index (χ1v) is 17.0. The highest BCUT2D eigenvalue weighted by Crippen LogP contribution is 2.42. The van der Waals surface area contributed by atoms with Gasteiger partial charge in [-0.3, -0.25) is 9.59 Å². The smallest absolute Gasteiger partial charge is 0.306 e. The largest absolute Gasteiger partial charge is 0.469 e. The molecule has 2 aromatic carbocycles. The van der Waals surface area contributed by atoms with Crippen LogP contribution in [0.3, 0.4) is 0 Å². The first-order chi connectivity index (χ1) is 23.8. The molecular weight excluding hydrogens is 648 g/mol. The highest BCUT2D eigenvalue weighted by molar-refractivity contribution is 7.16.